The number of tetrazole rings is 1. The number of carbonyl (C=O) groups excluding carboxylic acids is 1. The number of aromatic nitrogens is 4. The highest BCUT2D eigenvalue weighted by atomic mass is 16.5. The van der Waals surface area contributed by atoms with Crippen molar-refractivity contribution in [2.75, 3.05) is 19.0 Å². The van der Waals surface area contributed by atoms with Crippen LogP contribution in [-0.2, 0) is 4.79 Å². The van der Waals surface area contributed by atoms with Gasteiger partial charge in [-0.15, -0.1) is 5.10 Å². The van der Waals surface area contributed by atoms with E-state index < -0.39 is 0 Å². The Kier molecular flexibility index (Phi) is 6.57. The summed E-state index contributed by atoms with van der Waals surface area (Å²) in [5.74, 6) is 1.77. The molecule has 0 radical (unpaired) electrons. The topological polar surface area (TPSA) is 91.2 Å². The predicted octanol–water partition coefficient (Wildman–Crippen LogP) is 3.42. The van der Waals surface area contributed by atoms with E-state index in [-0.39, 0.29) is 5.91 Å². The molecule has 1 N–H and O–H groups in total. The summed E-state index contributed by atoms with van der Waals surface area (Å²) in [5.41, 5.74) is 2.15. The quantitative estimate of drug-likeness (QED) is 0.590. The molecule has 0 fully saturated rings. The molecule has 0 aliphatic heterocycles. The molecule has 1 aromatic heterocycles. The average molecular weight is 393 g/mol. The van der Waals surface area contributed by atoms with Crippen molar-refractivity contribution < 1.29 is 14.3 Å². The van der Waals surface area contributed by atoms with Crippen LogP contribution in [0.15, 0.2) is 48.5 Å². The highest BCUT2D eigenvalue weighted by Gasteiger charge is 2.11. The molecule has 3 rings (SSSR count). The smallest absolute Gasteiger partial charge is 0.248 e. The predicted molar refractivity (Wildman–Crippen MR) is 110 cm³/mol. The van der Waals surface area contributed by atoms with Crippen LogP contribution in [-0.4, -0.2) is 39.8 Å². The number of aryl methyl sites for hydroxylation is 1. The van der Waals surface area contributed by atoms with E-state index in [1.807, 2.05) is 24.3 Å². The van der Waals surface area contributed by atoms with Gasteiger partial charge in [0.15, 0.2) is 5.82 Å². The SMILES string of the molecule is CCCOc1ccc(/C=C/C(=O)Nc2ccc(OC)c(-n3nnnc3C)c2)cc1. The Morgan fingerprint density at radius 3 is 2.66 bits per heavy atom. The van der Waals surface area contributed by atoms with Crippen molar-refractivity contribution in [3.8, 4) is 17.2 Å². The molecule has 29 heavy (non-hydrogen) atoms. The number of nitrogens with one attached hydrogen (secondary N) is 1. The molecule has 1 amide bonds. The first-order valence-electron chi connectivity index (χ1n) is 9.26. The summed E-state index contributed by atoms with van der Waals surface area (Å²) in [7, 11) is 1.57. The molecule has 8 nitrogen and oxygen atoms in total. The van der Waals surface area contributed by atoms with Crippen molar-refractivity contribution in [2.45, 2.75) is 20.3 Å². The fraction of sp³-hybridized carbons (Fsp3) is 0.238. The summed E-state index contributed by atoms with van der Waals surface area (Å²) in [6.45, 7) is 4.53. The van der Waals surface area contributed by atoms with E-state index in [9.17, 15) is 4.79 Å². The van der Waals surface area contributed by atoms with Gasteiger partial charge in [0, 0.05) is 11.8 Å². The fourth-order valence-electron chi connectivity index (χ4n) is 2.64. The molecule has 2 aromatic carbocycles. The van der Waals surface area contributed by atoms with Crippen molar-refractivity contribution in [1.29, 1.82) is 0 Å². The van der Waals surface area contributed by atoms with E-state index >= 15 is 0 Å². The lowest BCUT2D eigenvalue weighted by molar-refractivity contribution is -0.111. The maximum absolute atomic E-state index is 12.3. The molecule has 0 saturated carbocycles. The molecular formula is C21H23N5O3. The van der Waals surface area contributed by atoms with E-state index in [2.05, 4.69) is 27.8 Å². The highest BCUT2D eigenvalue weighted by molar-refractivity contribution is 6.02. The minimum atomic E-state index is -0.249. The van der Waals surface area contributed by atoms with Crippen LogP contribution in [0.5, 0.6) is 11.5 Å². The number of carbonyl (C=O) groups is 1. The lowest BCUT2D eigenvalue weighted by Gasteiger charge is -2.11. The van der Waals surface area contributed by atoms with Gasteiger partial charge in [-0.1, -0.05) is 19.1 Å². The number of nitrogens with zero attached hydrogens (tertiary/aromatic N) is 4. The summed E-state index contributed by atoms with van der Waals surface area (Å²) >= 11 is 0. The zero-order valence-corrected chi connectivity index (χ0v) is 16.6. The van der Waals surface area contributed by atoms with E-state index in [1.165, 1.54) is 6.08 Å². The van der Waals surface area contributed by atoms with Crippen molar-refractivity contribution in [3.05, 3.63) is 59.9 Å². The van der Waals surface area contributed by atoms with Gasteiger partial charge >= 0.3 is 0 Å². The van der Waals surface area contributed by atoms with Crippen LogP contribution in [0.3, 0.4) is 0 Å². The first-order chi connectivity index (χ1) is 14.1. The van der Waals surface area contributed by atoms with Crippen LogP contribution < -0.4 is 14.8 Å². The second kappa shape index (κ2) is 9.50. The Morgan fingerprint density at radius 1 is 1.21 bits per heavy atom. The molecule has 0 bridgehead atoms. The molecule has 0 unspecified atom stereocenters. The molecule has 0 saturated heterocycles. The fourth-order valence-corrected chi connectivity index (χ4v) is 2.64. The molecule has 1 heterocycles. The van der Waals surface area contributed by atoms with E-state index in [1.54, 1.807) is 43.0 Å². The number of rotatable bonds is 8. The Bertz CT molecular complexity index is 996. The van der Waals surface area contributed by atoms with Crippen molar-refractivity contribution >= 4 is 17.7 Å². The molecule has 0 aliphatic carbocycles. The summed E-state index contributed by atoms with van der Waals surface area (Å²) in [5, 5.41) is 14.3. The summed E-state index contributed by atoms with van der Waals surface area (Å²) in [4.78, 5) is 12.3. The van der Waals surface area contributed by atoms with Gasteiger partial charge in [-0.25, -0.2) is 0 Å². The van der Waals surface area contributed by atoms with Crippen molar-refractivity contribution in [1.82, 2.24) is 20.2 Å². The summed E-state index contributed by atoms with van der Waals surface area (Å²) in [6, 6.07) is 12.8. The largest absolute Gasteiger partial charge is 0.494 e. The molecule has 0 aliphatic rings. The Hall–Kier alpha value is -3.68. The first kappa shape index (κ1) is 20.1. The Balaban J connectivity index is 1.69. The van der Waals surface area contributed by atoms with Crippen LogP contribution in [0.2, 0.25) is 0 Å². The third-order valence-corrected chi connectivity index (χ3v) is 4.08. The number of hydrogen-bond acceptors (Lipinski definition) is 6. The second-order valence-electron chi connectivity index (χ2n) is 6.26. The van der Waals surface area contributed by atoms with Crippen LogP contribution >= 0.6 is 0 Å². The van der Waals surface area contributed by atoms with Gasteiger partial charge in [0.05, 0.1) is 13.7 Å². The molecule has 0 atom stereocenters. The lowest BCUT2D eigenvalue weighted by atomic mass is 10.2. The third kappa shape index (κ3) is 5.19. The van der Waals surface area contributed by atoms with E-state index in [4.69, 9.17) is 9.47 Å². The zero-order valence-electron chi connectivity index (χ0n) is 16.6. The van der Waals surface area contributed by atoms with Crippen LogP contribution in [0, 0.1) is 6.92 Å². The van der Waals surface area contributed by atoms with Gasteiger partial charge in [0.1, 0.15) is 17.2 Å². The maximum Gasteiger partial charge on any atom is 0.248 e. The van der Waals surface area contributed by atoms with Crippen molar-refractivity contribution in [2.24, 2.45) is 0 Å². The van der Waals surface area contributed by atoms with Crippen LogP contribution in [0.4, 0.5) is 5.69 Å². The Morgan fingerprint density at radius 2 is 2.00 bits per heavy atom. The number of methoxy groups -OCH3 is 1. The standard InChI is InChI=1S/C21H23N5O3/c1-4-13-29-18-9-5-16(6-10-18)7-12-21(27)22-17-8-11-20(28-3)19(14-17)26-15(2)23-24-25-26/h5-12,14H,4,13H2,1-3H3,(H,22,27)/b12-7+. The van der Waals surface area contributed by atoms with Gasteiger partial charge in [-0.2, -0.15) is 4.68 Å². The average Bonchev–Trinajstić information content (AvgIpc) is 3.17. The number of amides is 1. The number of benzene rings is 2. The zero-order chi connectivity index (χ0) is 20.6. The Labute approximate surface area is 169 Å². The first-order valence-corrected chi connectivity index (χ1v) is 9.26. The van der Waals surface area contributed by atoms with Gasteiger partial charge in [-0.05, 0) is 65.7 Å². The molecule has 150 valence electrons. The molecule has 8 heteroatoms. The number of ether oxygens (including phenoxy) is 2. The minimum absolute atomic E-state index is 0.249. The maximum atomic E-state index is 12.3. The van der Waals surface area contributed by atoms with E-state index in [0.29, 0.717) is 29.6 Å². The number of hydrogen-bond donors (Lipinski definition) is 1. The molecular weight excluding hydrogens is 370 g/mol. The van der Waals surface area contributed by atoms with Crippen LogP contribution in [0.1, 0.15) is 24.7 Å². The highest BCUT2D eigenvalue weighted by Crippen LogP contribution is 2.26. The van der Waals surface area contributed by atoms with Gasteiger partial charge in [-0.3, -0.25) is 4.79 Å². The van der Waals surface area contributed by atoms with Gasteiger partial charge in [0.2, 0.25) is 5.91 Å². The van der Waals surface area contributed by atoms with E-state index in [0.717, 1.165) is 17.7 Å². The van der Waals surface area contributed by atoms with Crippen LogP contribution in [0.25, 0.3) is 11.8 Å². The normalized spacial score (nSPS) is 10.9. The monoisotopic (exact) mass is 393 g/mol. The number of anilines is 1. The molecule has 0 spiro atoms. The van der Waals surface area contributed by atoms with Crippen molar-refractivity contribution in [3.63, 3.8) is 0 Å². The summed E-state index contributed by atoms with van der Waals surface area (Å²) in [6.07, 6.45) is 4.19. The minimum Gasteiger partial charge on any atom is -0.494 e. The second-order valence-corrected chi connectivity index (χ2v) is 6.26. The van der Waals surface area contributed by atoms with Gasteiger partial charge in [0.25, 0.3) is 0 Å². The lowest BCUT2D eigenvalue weighted by Crippen LogP contribution is -2.09. The third-order valence-electron chi connectivity index (χ3n) is 4.08. The summed E-state index contributed by atoms with van der Waals surface area (Å²) < 4.78 is 12.5. The molecule has 3 aromatic rings. The van der Waals surface area contributed by atoms with Gasteiger partial charge < -0.3 is 14.8 Å².